The number of hydrogen-bond donors (Lipinski definition) is 6. The highest BCUT2D eigenvalue weighted by molar-refractivity contribution is 7.92. The molecule has 1 atom stereocenters. The molecule has 0 aliphatic heterocycles. The van der Waals surface area contributed by atoms with Crippen LogP contribution in [0.15, 0.2) is 129 Å². The van der Waals surface area contributed by atoms with Gasteiger partial charge in [0, 0.05) is 18.5 Å². The van der Waals surface area contributed by atoms with Crippen molar-refractivity contribution in [1.29, 1.82) is 0 Å². The Labute approximate surface area is 292 Å². The van der Waals surface area contributed by atoms with Gasteiger partial charge in [0.25, 0.3) is 0 Å². The summed E-state index contributed by atoms with van der Waals surface area (Å²) in [6, 6.07) is 25.4. The summed E-state index contributed by atoms with van der Waals surface area (Å²) in [4.78, 5) is 25.3. The maximum Gasteiger partial charge on any atom is 0.319 e. The second-order valence-corrected chi connectivity index (χ2v) is 15.1. The number of carboxylic acids is 2. The molecule has 0 saturated carbocycles. The van der Waals surface area contributed by atoms with E-state index < -0.39 is 54.2 Å². The second-order valence-electron chi connectivity index (χ2n) is 10.00. The Bertz CT molecular complexity index is 2030. The highest BCUT2D eigenvalue weighted by Gasteiger charge is 2.21. The minimum Gasteiger partial charge on any atom is -0.480 e. The topological polar surface area (TPSA) is 272 Å². The predicted molar refractivity (Wildman–Crippen MR) is 190 cm³/mol. The fourth-order valence-electron chi connectivity index (χ4n) is 3.86. The Morgan fingerprint density at radius 2 is 1.34 bits per heavy atom. The first-order valence-corrected chi connectivity index (χ1v) is 18.8. The monoisotopic (exact) mass is 747 g/mol. The number of aliphatic carboxylic acids is 2. The van der Waals surface area contributed by atoms with Crippen molar-refractivity contribution in [2.24, 2.45) is 22.2 Å². The largest absolute Gasteiger partial charge is 0.480 e. The standard InChI is InChI=1S/C14H12O6S2.C12H10O4S.C6H15N5/c15-14(16)10-22(18,19)13-8-6-11(7-9-13)20-21(17)12-4-2-1-3-5-12;13-12(14)8-17(15,16)11-7-3-5-9-4-1-2-6-10(9)11;1-5(7)10-3-2-4-11-6(8)9/h1-9H,10H2,(H,15,16);1-7H,8H2,(H,13,14);10H,1-4,7H2,(H4,8,9,11). The molecule has 1 unspecified atom stereocenters. The number of nitrogens with zero attached hydrogens (tertiary/aromatic N) is 1. The molecule has 4 aromatic carbocycles. The highest BCUT2D eigenvalue weighted by atomic mass is 32.2. The number of carbonyl (C=O) groups is 2. The van der Waals surface area contributed by atoms with Gasteiger partial charge in [-0.05, 0) is 54.3 Å². The lowest BCUT2D eigenvalue weighted by molar-refractivity contribution is -0.135. The third kappa shape index (κ3) is 14.3. The number of carboxylic acid groups (broad SMARTS) is 2. The summed E-state index contributed by atoms with van der Waals surface area (Å²) >= 11 is -1.71. The number of fused-ring (bicyclic) bond motifs is 1. The zero-order chi connectivity index (χ0) is 37.3. The summed E-state index contributed by atoms with van der Waals surface area (Å²) in [6.07, 6.45) is 0.841. The van der Waals surface area contributed by atoms with Crippen LogP contribution in [-0.4, -0.2) is 73.8 Å². The Morgan fingerprint density at radius 3 is 1.92 bits per heavy atom. The first kappa shape index (κ1) is 40.7. The van der Waals surface area contributed by atoms with Crippen molar-refractivity contribution in [2.75, 3.05) is 24.6 Å². The summed E-state index contributed by atoms with van der Waals surface area (Å²) in [7, 11) is -7.67. The van der Waals surface area contributed by atoms with E-state index in [1.807, 2.05) is 0 Å². The van der Waals surface area contributed by atoms with Gasteiger partial charge >= 0.3 is 11.9 Å². The molecule has 9 N–H and O–H groups in total. The van der Waals surface area contributed by atoms with Gasteiger partial charge in [-0.15, -0.1) is 0 Å². The van der Waals surface area contributed by atoms with Crippen molar-refractivity contribution in [3.05, 3.63) is 109 Å². The molecule has 0 aromatic heterocycles. The summed E-state index contributed by atoms with van der Waals surface area (Å²) in [5, 5.41) is 21.3. The van der Waals surface area contributed by atoms with Gasteiger partial charge in [0.15, 0.2) is 37.1 Å². The number of benzene rings is 4. The van der Waals surface area contributed by atoms with E-state index in [1.54, 1.807) is 66.7 Å². The van der Waals surface area contributed by atoms with Crippen LogP contribution in [0.3, 0.4) is 0 Å². The van der Waals surface area contributed by atoms with Gasteiger partial charge in [-0.25, -0.2) is 21.0 Å². The SMILES string of the molecule is C=C(N)NCCCN=C(N)N.O=C(O)CS(=O)(=O)c1ccc(OS(=O)c2ccccc2)cc1.O=C(O)CS(=O)(=O)c1cccc2ccccc12. The maximum absolute atomic E-state index is 11.9. The molecule has 0 spiro atoms. The van der Waals surface area contributed by atoms with E-state index in [2.05, 4.69) is 16.9 Å². The molecule has 18 heteroatoms. The molecule has 4 rings (SSSR count). The smallest absolute Gasteiger partial charge is 0.319 e. The second kappa shape index (κ2) is 19.5. The molecular formula is C32H37N5O10S3. The number of guanidine groups is 1. The van der Waals surface area contributed by atoms with Gasteiger partial charge in [-0.1, -0.05) is 61.2 Å². The third-order valence-corrected chi connectivity index (χ3v) is 10.3. The van der Waals surface area contributed by atoms with Crippen LogP contribution in [0.5, 0.6) is 5.75 Å². The van der Waals surface area contributed by atoms with E-state index in [1.165, 1.54) is 30.3 Å². The Morgan fingerprint density at radius 1 is 0.780 bits per heavy atom. The molecule has 0 radical (unpaired) electrons. The lowest BCUT2D eigenvalue weighted by Crippen LogP contribution is -2.24. The number of rotatable bonds is 14. The lowest BCUT2D eigenvalue weighted by atomic mass is 10.1. The fraction of sp³-hybridized carbons (Fsp3) is 0.156. The fourth-order valence-corrected chi connectivity index (χ4v) is 6.95. The molecule has 50 heavy (non-hydrogen) atoms. The van der Waals surface area contributed by atoms with Crippen LogP contribution in [0.2, 0.25) is 0 Å². The molecule has 0 fully saturated rings. The molecule has 15 nitrogen and oxygen atoms in total. The highest BCUT2D eigenvalue weighted by Crippen LogP contribution is 2.24. The van der Waals surface area contributed by atoms with Crippen LogP contribution in [0, 0.1) is 0 Å². The van der Waals surface area contributed by atoms with E-state index >= 15 is 0 Å². The molecular weight excluding hydrogens is 711 g/mol. The van der Waals surface area contributed by atoms with Crippen molar-refractivity contribution < 1.29 is 45.0 Å². The van der Waals surface area contributed by atoms with Gasteiger partial charge < -0.3 is 36.9 Å². The molecule has 0 aliphatic carbocycles. The van der Waals surface area contributed by atoms with E-state index in [4.69, 9.17) is 31.6 Å². The average molecular weight is 748 g/mol. The number of nitrogens with one attached hydrogen (secondary N) is 1. The van der Waals surface area contributed by atoms with E-state index in [0.29, 0.717) is 22.6 Å². The van der Waals surface area contributed by atoms with Gasteiger partial charge in [0.05, 0.1) is 20.5 Å². The lowest BCUT2D eigenvalue weighted by Gasteiger charge is -2.06. The Balaban J connectivity index is 0.000000276. The molecule has 0 amide bonds. The third-order valence-electron chi connectivity index (χ3n) is 5.98. The number of aliphatic imine (C=N–C) groups is 1. The van der Waals surface area contributed by atoms with Crippen LogP contribution in [0.25, 0.3) is 10.8 Å². The zero-order valence-corrected chi connectivity index (χ0v) is 29.0. The van der Waals surface area contributed by atoms with E-state index in [0.717, 1.165) is 18.4 Å². The first-order chi connectivity index (χ1) is 23.5. The maximum atomic E-state index is 11.9. The van der Waals surface area contributed by atoms with Crippen molar-refractivity contribution in [2.45, 2.75) is 21.1 Å². The minimum atomic E-state index is -3.89. The van der Waals surface area contributed by atoms with Crippen LogP contribution >= 0.6 is 0 Å². The molecule has 268 valence electrons. The molecule has 4 aromatic rings. The van der Waals surface area contributed by atoms with Crippen molar-refractivity contribution in [3.8, 4) is 5.75 Å². The van der Waals surface area contributed by atoms with Crippen LogP contribution in [0.1, 0.15) is 6.42 Å². The van der Waals surface area contributed by atoms with Gasteiger partial charge in [-0.3, -0.25) is 14.6 Å². The molecule has 0 aliphatic rings. The quantitative estimate of drug-likeness (QED) is 0.0612. The van der Waals surface area contributed by atoms with Crippen LogP contribution < -0.4 is 26.7 Å². The average Bonchev–Trinajstić information content (AvgIpc) is 3.04. The van der Waals surface area contributed by atoms with E-state index in [9.17, 15) is 30.6 Å². The Hall–Kier alpha value is -5.46. The zero-order valence-electron chi connectivity index (χ0n) is 26.5. The normalized spacial score (nSPS) is 11.4. The van der Waals surface area contributed by atoms with Crippen LogP contribution in [0.4, 0.5) is 0 Å². The molecule has 0 heterocycles. The van der Waals surface area contributed by atoms with Gasteiger partial charge in [0.1, 0.15) is 5.75 Å². The summed E-state index contributed by atoms with van der Waals surface area (Å²) in [5.41, 5.74) is 15.4. The number of hydrogen-bond acceptors (Lipinski definition) is 11. The first-order valence-electron chi connectivity index (χ1n) is 14.4. The number of sulfone groups is 2. The predicted octanol–water partition coefficient (Wildman–Crippen LogP) is 2.01. The van der Waals surface area contributed by atoms with Gasteiger partial charge in [-0.2, -0.15) is 0 Å². The minimum absolute atomic E-state index is 0.0676. The van der Waals surface area contributed by atoms with E-state index in [-0.39, 0.29) is 21.5 Å². The summed E-state index contributed by atoms with van der Waals surface area (Å²) < 4.78 is 64.3. The molecule has 0 saturated heterocycles. The van der Waals surface area contributed by atoms with Gasteiger partial charge in [0.2, 0.25) is 11.1 Å². The van der Waals surface area contributed by atoms with Crippen molar-refractivity contribution in [3.63, 3.8) is 0 Å². The van der Waals surface area contributed by atoms with Crippen molar-refractivity contribution >= 4 is 59.4 Å². The summed E-state index contributed by atoms with van der Waals surface area (Å²) in [6.45, 7) is 4.83. The number of nitrogens with two attached hydrogens (primary N) is 3. The molecule has 0 bridgehead atoms. The summed E-state index contributed by atoms with van der Waals surface area (Å²) in [5.74, 6) is -3.84. The Kier molecular flexibility index (Phi) is 15.9. The van der Waals surface area contributed by atoms with Crippen molar-refractivity contribution in [1.82, 2.24) is 5.32 Å². The van der Waals surface area contributed by atoms with Crippen LogP contribution in [-0.2, 0) is 40.3 Å².